The first-order valence-electron chi connectivity index (χ1n) is 8.51. The zero-order valence-electron chi connectivity index (χ0n) is 14.6. The Bertz CT molecular complexity index is 860. The van der Waals surface area contributed by atoms with E-state index in [0.717, 1.165) is 37.0 Å². The number of phenols is 1. The molecule has 0 saturated heterocycles. The Balaban J connectivity index is 2.10. The van der Waals surface area contributed by atoms with Crippen molar-refractivity contribution >= 4 is 21.7 Å². The van der Waals surface area contributed by atoms with Gasteiger partial charge in [-0.3, -0.25) is 4.72 Å². The third-order valence-corrected chi connectivity index (χ3v) is 5.43. The predicted octanol–water partition coefficient (Wildman–Crippen LogP) is 4.01. The standard InChI is InChI=1S/C19H23NO5S/c1-2-3-4-5-6-14-7-10-16(11-8-14)26(24,25)20-15-9-12-18(21)17(13-15)19(22)23/h7-13,20-21H,2-6H2,1H3,(H,22,23). The molecule has 0 saturated carbocycles. The van der Waals surface area contributed by atoms with Crippen LogP contribution in [0.25, 0.3) is 0 Å². The number of hydrogen-bond acceptors (Lipinski definition) is 4. The largest absolute Gasteiger partial charge is 0.507 e. The van der Waals surface area contributed by atoms with Crippen molar-refractivity contribution in [1.82, 2.24) is 0 Å². The van der Waals surface area contributed by atoms with Crippen molar-refractivity contribution < 1.29 is 23.4 Å². The van der Waals surface area contributed by atoms with Gasteiger partial charge in [-0.25, -0.2) is 13.2 Å². The van der Waals surface area contributed by atoms with Crippen molar-refractivity contribution in [3.05, 3.63) is 53.6 Å². The first kappa shape index (κ1) is 19.8. The van der Waals surface area contributed by atoms with E-state index in [-0.39, 0.29) is 16.1 Å². The first-order valence-corrected chi connectivity index (χ1v) is 10.00. The van der Waals surface area contributed by atoms with Gasteiger partial charge in [0.05, 0.1) is 4.90 Å². The molecule has 140 valence electrons. The fourth-order valence-electron chi connectivity index (χ4n) is 2.58. The molecule has 0 heterocycles. The van der Waals surface area contributed by atoms with E-state index in [1.54, 1.807) is 12.1 Å². The molecule has 0 atom stereocenters. The van der Waals surface area contributed by atoms with Crippen molar-refractivity contribution in [2.75, 3.05) is 4.72 Å². The number of aromatic hydroxyl groups is 1. The summed E-state index contributed by atoms with van der Waals surface area (Å²) in [7, 11) is -3.84. The average molecular weight is 377 g/mol. The van der Waals surface area contributed by atoms with Gasteiger partial charge >= 0.3 is 5.97 Å². The minimum absolute atomic E-state index is 0.0730. The highest BCUT2D eigenvalue weighted by molar-refractivity contribution is 7.92. The van der Waals surface area contributed by atoms with Gasteiger partial charge in [-0.05, 0) is 48.7 Å². The average Bonchev–Trinajstić information content (AvgIpc) is 2.60. The summed E-state index contributed by atoms with van der Waals surface area (Å²) in [5.74, 6) is -1.76. The number of sulfonamides is 1. The SMILES string of the molecule is CCCCCCc1ccc(S(=O)(=O)Nc2ccc(O)c(C(=O)O)c2)cc1. The first-order chi connectivity index (χ1) is 12.3. The fourth-order valence-corrected chi connectivity index (χ4v) is 3.63. The Morgan fingerprint density at radius 1 is 1.04 bits per heavy atom. The second-order valence-corrected chi connectivity index (χ2v) is 7.78. The summed E-state index contributed by atoms with van der Waals surface area (Å²) in [4.78, 5) is 11.1. The van der Waals surface area contributed by atoms with E-state index in [9.17, 15) is 18.3 Å². The summed E-state index contributed by atoms with van der Waals surface area (Å²) in [5.41, 5.74) is 0.786. The van der Waals surface area contributed by atoms with Crippen molar-refractivity contribution in [1.29, 1.82) is 0 Å². The quantitative estimate of drug-likeness (QED) is 0.452. The van der Waals surface area contributed by atoms with Crippen molar-refractivity contribution in [3.8, 4) is 5.75 Å². The monoisotopic (exact) mass is 377 g/mol. The van der Waals surface area contributed by atoms with Crippen LogP contribution < -0.4 is 4.72 Å². The molecule has 0 aromatic heterocycles. The van der Waals surface area contributed by atoms with Crippen LogP contribution in [0.3, 0.4) is 0 Å². The topological polar surface area (TPSA) is 104 Å². The minimum atomic E-state index is -3.84. The summed E-state index contributed by atoms with van der Waals surface area (Å²) in [6, 6.07) is 10.2. The van der Waals surface area contributed by atoms with E-state index >= 15 is 0 Å². The zero-order chi connectivity index (χ0) is 19.2. The lowest BCUT2D eigenvalue weighted by atomic mass is 10.1. The number of anilines is 1. The summed E-state index contributed by atoms with van der Waals surface area (Å²) in [6.45, 7) is 2.15. The number of aryl methyl sites for hydroxylation is 1. The van der Waals surface area contributed by atoms with Crippen LogP contribution in [-0.2, 0) is 16.4 Å². The van der Waals surface area contributed by atoms with Crippen LogP contribution in [0, 0.1) is 0 Å². The number of carboxylic acids is 1. The highest BCUT2D eigenvalue weighted by atomic mass is 32.2. The van der Waals surface area contributed by atoms with Gasteiger partial charge in [-0.1, -0.05) is 38.3 Å². The summed E-state index contributed by atoms with van der Waals surface area (Å²) in [6.07, 6.45) is 5.51. The summed E-state index contributed by atoms with van der Waals surface area (Å²) < 4.78 is 27.2. The van der Waals surface area contributed by atoms with Gasteiger partial charge in [0, 0.05) is 5.69 Å². The molecule has 0 aliphatic heterocycles. The Morgan fingerprint density at radius 3 is 2.35 bits per heavy atom. The molecule has 7 heteroatoms. The van der Waals surface area contributed by atoms with Crippen molar-refractivity contribution in [2.24, 2.45) is 0 Å². The third kappa shape index (κ3) is 5.23. The van der Waals surface area contributed by atoms with E-state index in [1.807, 2.05) is 0 Å². The molecular formula is C19H23NO5S. The van der Waals surface area contributed by atoms with E-state index < -0.39 is 21.7 Å². The molecule has 0 unspecified atom stereocenters. The van der Waals surface area contributed by atoms with Crippen molar-refractivity contribution in [2.45, 2.75) is 43.9 Å². The van der Waals surface area contributed by atoms with Crippen LogP contribution in [-0.4, -0.2) is 24.6 Å². The fraction of sp³-hybridized carbons (Fsp3) is 0.316. The molecule has 6 nitrogen and oxygen atoms in total. The minimum Gasteiger partial charge on any atom is -0.507 e. The van der Waals surface area contributed by atoms with Gasteiger partial charge in [0.15, 0.2) is 0 Å². The Hall–Kier alpha value is -2.54. The van der Waals surface area contributed by atoms with Gasteiger partial charge in [-0.15, -0.1) is 0 Å². The molecule has 0 bridgehead atoms. The normalized spacial score (nSPS) is 11.3. The summed E-state index contributed by atoms with van der Waals surface area (Å²) in [5, 5.41) is 18.5. The molecule has 0 aliphatic rings. The summed E-state index contributed by atoms with van der Waals surface area (Å²) >= 11 is 0. The van der Waals surface area contributed by atoms with Gasteiger partial charge in [0.1, 0.15) is 11.3 Å². The van der Waals surface area contributed by atoms with Gasteiger partial charge < -0.3 is 10.2 Å². The lowest BCUT2D eigenvalue weighted by Gasteiger charge is -2.10. The molecular weight excluding hydrogens is 354 g/mol. The molecule has 0 spiro atoms. The number of benzene rings is 2. The van der Waals surface area contributed by atoms with Crippen LogP contribution in [0.5, 0.6) is 5.75 Å². The molecule has 2 rings (SSSR count). The molecule has 0 amide bonds. The van der Waals surface area contributed by atoms with Crippen LogP contribution in [0.2, 0.25) is 0 Å². The number of carboxylic acid groups (broad SMARTS) is 1. The molecule has 0 radical (unpaired) electrons. The van der Waals surface area contributed by atoms with E-state index in [2.05, 4.69) is 11.6 Å². The van der Waals surface area contributed by atoms with E-state index in [0.29, 0.717) is 0 Å². The smallest absolute Gasteiger partial charge is 0.339 e. The molecule has 2 aromatic carbocycles. The number of unbranched alkanes of at least 4 members (excludes halogenated alkanes) is 3. The third-order valence-electron chi connectivity index (χ3n) is 4.03. The maximum absolute atomic E-state index is 12.5. The Kier molecular flexibility index (Phi) is 6.63. The lowest BCUT2D eigenvalue weighted by molar-refractivity contribution is 0.0693. The number of nitrogens with one attached hydrogen (secondary N) is 1. The lowest BCUT2D eigenvalue weighted by Crippen LogP contribution is -2.13. The number of aromatic carboxylic acids is 1. The second kappa shape index (κ2) is 8.71. The maximum Gasteiger partial charge on any atom is 0.339 e. The van der Waals surface area contributed by atoms with Crippen LogP contribution in [0.4, 0.5) is 5.69 Å². The van der Waals surface area contributed by atoms with Crippen LogP contribution >= 0.6 is 0 Å². The highest BCUT2D eigenvalue weighted by Gasteiger charge is 2.16. The molecule has 0 aliphatic carbocycles. The number of rotatable bonds is 9. The van der Waals surface area contributed by atoms with E-state index in [4.69, 9.17) is 5.11 Å². The number of carbonyl (C=O) groups is 1. The van der Waals surface area contributed by atoms with Gasteiger partial charge in [0.2, 0.25) is 0 Å². The van der Waals surface area contributed by atoms with E-state index in [1.165, 1.54) is 31.0 Å². The second-order valence-electron chi connectivity index (χ2n) is 6.10. The predicted molar refractivity (Wildman–Crippen MR) is 100 cm³/mol. The molecule has 26 heavy (non-hydrogen) atoms. The molecule has 0 fully saturated rings. The Morgan fingerprint density at radius 2 is 1.73 bits per heavy atom. The zero-order valence-corrected chi connectivity index (χ0v) is 15.4. The van der Waals surface area contributed by atoms with Crippen LogP contribution in [0.15, 0.2) is 47.4 Å². The van der Waals surface area contributed by atoms with Crippen molar-refractivity contribution in [3.63, 3.8) is 0 Å². The van der Waals surface area contributed by atoms with Gasteiger partial charge in [0.25, 0.3) is 10.0 Å². The maximum atomic E-state index is 12.5. The number of hydrogen-bond donors (Lipinski definition) is 3. The van der Waals surface area contributed by atoms with Crippen LogP contribution in [0.1, 0.15) is 48.5 Å². The molecule has 3 N–H and O–H groups in total. The molecule has 2 aromatic rings. The Labute approximate surface area is 153 Å². The van der Waals surface area contributed by atoms with Gasteiger partial charge in [-0.2, -0.15) is 0 Å². The highest BCUT2D eigenvalue weighted by Crippen LogP contribution is 2.24.